The number of benzene rings is 2. The van der Waals surface area contributed by atoms with E-state index in [9.17, 15) is 10.2 Å². The summed E-state index contributed by atoms with van der Waals surface area (Å²) in [4.78, 5) is 0. The number of phenols is 2. The molecule has 3 aromatic rings. The molecule has 0 aliphatic carbocycles. The van der Waals surface area contributed by atoms with Gasteiger partial charge in [-0.2, -0.15) is 0 Å². The van der Waals surface area contributed by atoms with Gasteiger partial charge in [0, 0.05) is 22.4 Å². The van der Waals surface area contributed by atoms with Gasteiger partial charge in [0.1, 0.15) is 11.3 Å². The molecule has 24 heavy (non-hydrogen) atoms. The lowest BCUT2D eigenvalue weighted by Crippen LogP contribution is -1.96. The zero-order chi connectivity index (χ0) is 17.4. The number of hydrogen-bond donors (Lipinski definition) is 2. The highest BCUT2D eigenvalue weighted by Crippen LogP contribution is 2.49. The van der Waals surface area contributed by atoms with E-state index in [1.807, 2.05) is 13.8 Å². The van der Waals surface area contributed by atoms with Crippen LogP contribution >= 0.6 is 0 Å². The van der Waals surface area contributed by atoms with E-state index in [4.69, 9.17) is 13.9 Å². The molecule has 0 radical (unpaired) electrons. The average molecular weight is 328 g/mol. The maximum atomic E-state index is 10.5. The van der Waals surface area contributed by atoms with Gasteiger partial charge < -0.3 is 24.1 Å². The molecule has 5 nitrogen and oxygen atoms in total. The van der Waals surface area contributed by atoms with Crippen LogP contribution in [-0.4, -0.2) is 24.4 Å². The summed E-state index contributed by atoms with van der Waals surface area (Å²) in [6, 6.07) is 4.94. The molecule has 0 aliphatic rings. The smallest absolute Gasteiger partial charge is 0.208 e. The van der Waals surface area contributed by atoms with E-state index in [2.05, 4.69) is 6.08 Å². The molecular weight excluding hydrogens is 308 g/mol. The van der Waals surface area contributed by atoms with Crippen LogP contribution in [0.4, 0.5) is 0 Å². The minimum atomic E-state index is -0.0899. The van der Waals surface area contributed by atoms with Crippen molar-refractivity contribution < 1.29 is 24.1 Å². The van der Waals surface area contributed by atoms with Crippen molar-refractivity contribution in [2.75, 3.05) is 14.2 Å². The second-order valence-corrected chi connectivity index (χ2v) is 5.87. The molecule has 0 unspecified atom stereocenters. The van der Waals surface area contributed by atoms with E-state index < -0.39 is 0 Å². The highest BCUT2D eigenvalue weighted by atomic mass is 16.5. The van der Waals surface area contributed by atoms with Crippen molar-refractivity contribution in [1.29, 1.82) is 0 Å². The van der Waals surface area contributed by atoms with Crippen LogP contribution in [0, 0.1) is 0 Å². The summed E-state index contributed by atoms with van der Waals surface area (Å²) in [6.07, 6.45) is 2.64. The lowest BCUT2D eigenvalue weighted by Gasteiger charge is -2.14. The molecule has 0 atom stereocenters. The summed E-state index contributed by atoms with van der Waals surface area (Å²) in [5, 5.41) is 21.9. The highest BCUT2D eigenvalue weighted by Gasteiger charge is 2.25. The Morgan fingerprint density at radius 1 is 1.12 bits per heavy atom. The number of methoxy groups -OCH3 is 2. The zero-order valence-electron chi connectivity index (χ0n) is 14.1. The summed E-state index contributed by atoms with van der Waals surface area (Å²) in [6.45, 7) is 4.02. The predicted octanol–water partition coefficient (Wildman–Crippen LogP) is 4.52. The molecule has 0 spiro atoms. The minimum Gasteiger partial charge on any atom is -0.508 e. The number of aromatic hydroxyl groups is 2. The summed E-state index contributed by atoms with van der Waals surface area (Å²) in [5.74, 6) is 0.613. The van der Waals surface area contributed by atoms with Crippen molar-refractivity contribution in [3.63, 3.8) is 0 Å². The Kier molecular flexibility index (Phi) is 4.01. The highest BCUT2D eigenvalue weighted by molar-refractivity contribution is 6.11. The van der Waals surface area contributed by atoms with Crippen LogP contribution in [0.25, 0.3) is 21.9 Å². The first kappa shape index (κ1) is 16.1. The van der Waals surface area contributed by atoms with Crippen LogP contribution in [0.5, 0.6) is 23.0 Å². The van der Waals surface area contributed by atoms with Gasteiger partial charge in [-0.15, -0.1) is 0 Å². The van der Waals surface area contributed by atoms with Crippen molar-refractivity contribution in [2.45, 2.75) is 20.3 Å². The second-order valence-electron chi connectivity index (χ2n) is 5.87. The Morgan fingerprint density at radius 3 is 2.46 bits per heavy atom. The first-order valence-electron chi connectivity index (χ1n) is 7.62. The van der Waals surface area contributed by atoms with Crippen LogP contribution in [0.15, 0.2) is 34.3 Å². The van der Waals surface area contributed by atoms with Crippen LogP contribution in [0.2, 0.25) is 0 Å². The van der Waals surface area contributed by atoms with Gasteiger partial charge in [-0.25, -0.2) is 0 Å². The fraction of sp³-hybridized carbons (Fsp3) is 0.263. The number of furan rings is 1. The van der Waals surface area contributed by atoms with Gasteiger partial charge in [-0.05, 0) is 32.4 Å². The number of allylic oxidation sites excluding steroid dienone is 2. The van der Waals surface area contributed by atoms with Crippen LogP contribution in [0.3, 0.4) is 0 Å². The fourth-order valence-electron chi connectivity index (χ4n) is 2.92. The van der Waals surface area contributed by atoms with Crippen molar-refractivity contribution in [2.24, 2.45) is 0 Å². The van der Waals surface area contributed by atoms with Crippen LogP contribution in [-0.2, 0) is 6.42 Å². The molecule has 0 saturated carbocycles. The molecule has 0 fully saturated rings. The molecule has 126 valence electrons. The number of rotatable bonds is 4. The second kappa shape index (κ2) is 6.00. The summed E-state index contributed by atoms with van der Waals surface area (Å²) < 4.78 is 16.7. The zero-order valence-corrected chi connectivity index (χ0v) is 14.1. The number of fused-ring (bicyclic) bond motifs is 3. The van der Waals surface area contributed by atoms with E-state index in [0.29, 0.717) is 23.3 Å². The van der Waals surface area contributed by atoms with E-state index in [0.717, 1.165) is 21.9 Å². The maximum absolute atomic E-state index is 10.5. The molecule has 3 rings (SSSR count). The molecule has 1 aromatic heterocycles. The van der Waals surface area contributed by atoms with Gasteiger partial charge in [-0.1, -0.05) is 11.6 Å². The SMILES string of the molecule is COc1c(O)c(OC)c2oc3cc(O)ccc3c2c1CC=C(C)C. The maximum Gasteiger partial charge on any atom is 0.208 e. The Labute approximate surface area is 139 Å². The molecule has 5 heteroatoms. The third-order valence-corrected chi connectivity index (χ3v) is 4.01. The van der Waals surface area contributed by atoms with Gasteiger partial charge in [0.25, 0.3) is 0 Å². The Hall–Kier alpha value is -2.82. The number of phenolic OH excluding ortho intramolecular Hbond substituents is 2. The van der Waals surface area contributed by atoms with Crippen molar-refractivity contribution >= 4 is 21.9 Å². The third-order valence-electron chi connectivity index (χ3n) is 4.01. The van der Waals surface area contributed by atoms with Crippen molar-refractivity contribution in [1.82, 2.24) is 0 Å². The molecule has 0 saturated heterocycles. The molecular formula is C19H20O5. The quantitative estimate of drug-likeness (QED) is 0.689. The van der Waals surface area contributed by atoms with Gasteiger partial charge in [0.05, 0.1) is 14.2 Å². The average Bonchev–Trinajstić information content (AvgIpc) is 2.90. The lowest BCUT2D eigenvalue weighted by atomic mass is 10.00. The molecule has 0 aliphatic heterocycles. The van der Waals surface area contributed by atoms with Gasteiger partial charge in [0.15, 0.2) is 11.3 Å². The molecule has 0 amide bonds. The fourth-order valence-corrected chi connectivity index (χ4v) is 2.92. The lowest BCUT2D eigenvalue weighted by molar-refractivity contribution is 0.338. The van der Waals surface area contributed by atoms with E-state index in [1.165, 1.54) is 14.2 Å². The summed E-state index contributed by atoms with van der Waals surface area (Å²) >= 11 is 0. The first-order valence-corrected chi connectivity index (χ1v) is 7.62. The molecule has 0 bridgehead atoms. The predicted molar refractivity (Wildman–Crippen MR) is 93.3 cm³/mol. The van der Waals surface area contributed by atoms with Crippen LogP contribution in [0.1, 0.15) is 19.4 Å². The largest absolute Gasteiger partial charge is 0.508 e. The Morgan fingerprint density at radius 2 is 1.83 bits per heavy atom. The van der Waals surface area contributed by atoms with Crippen molar-refractivity contribution in [3.8, 4) is 23.0 Å². The van der Waals surface area contributed by atoms with E-state index in [1.54, 1.807) is 18.2 Å². The minimum absolute atomic E-state index is 0.0899. The monoisotopic (exact) mass is 328 g/mol. The van der Waals surface area contributed by atoms with Gasteiger partial charge >= 0.3 is 0 Å². The number of hydrogen-bond acceptors (Lipinski definition) is 5. The molecule has 1 heterocycles. The summed E-state index contributed by atoms with van der Waals surface area (Å²) in [7, 11) is 2.98. The van der Waals surface area contributed by atoms with Crippen LogP contribution < -0.4 is 9.47 Å². The van der Waals surface area contributed by atoms with E-state index in [-0.39, 0.29) is 17.2 Å². The van der Waals surface area contributed by atoms with Gasteiger partial charge in [0.2, 0.25) is 11.5 Å². The van der Waals surface area contributed by atoms with Gasteiger partial charge in [-0.3, -0.25) is 0 Å². The normalized spacial score (nSPS) is 11.0. The Balaban J connectivity index is 2.48. The first-order chi connectivity index (χ1) is 11.5. The molecule has 2 aromatic carbocycles. The van der Waals surface area contributed by atoms with Crippen molar-refractivity contribution in [3.05, 3.63) is 35.4 Å². The Bertz CT molecular complexity index is 946. The molecule has 2 N–H and O–H groups in total. The van der Waals surface area contributed by atoms with E-state index >= 15 is 0 Å². The standard InChI is InChI=1S/C19H20O5/c1-10(2)5-7-13-15-12-8-6-11(20)9-14(12)24-18(15)19(23-4)16(21)17(13)22-3/h5-6,8-9,20-21H,7H2,1-4H3. The topological polar surface area (TPSA) is 72.1 Å². The summed E-state index contributed by atoms with van der Waals surface area (Å²) in [5.41, 5.74) is 2.94. The third kappa shape index (κ3) is 2.42. The number of ether oxygens (including phenoxy) is 2.